The molecule has 0 saturated carbocycles. The van der Waals surface area contributed by atoms with Crippen LogP contribution in [-0.2, 0) is 11.3 Å². The van der Waals surface area contributed by atoms with E-state index in [0.717, 1.165) is 36.2 Å². The minimum atomic E-state index is -0.0977. The van der Waals surface area contributed by atoms with Crippen molar-refractivity contribution >= 4 is 23.2 Å². The second-order valence-corrected chi connectivity index (χ2v) is 7.28. The molecule has 132 valence electrons. The van der Waals surface area contributed by atoms with Gasteiger partial charge in [-0.25, -0.2) is 9.97 Å². The molecule has 2 aromatic heterocycles. The number of carbonyl (C=O) groups excluding carboxylic acids is 2. The Morgan fingerprint density at radius 3 is 2.88 bits per heavy atom. The van der Waals surface area contributed by atoms with Gasteiger partial charge in [0.15, 0.2) is 0 Å². The molecule has 2 aromatic rings. The zero-order valence-corrected chi connectivity index (χ0v) is 15.5. The highest BCUT2D eigenvalue weighted by molar-refractivity contribution is 7.12. The number of carbonyl (C=O) groups is 2. The Hall–Kier alpha value is -2.28. The Kier molecular flexibility index (Phi) is 5.13. The number of amides is 2. The highest BCUT2D eigenvalue weighted by atomic mass is 32.1. The SMILES string of the molecule is CC(=O)N1CCCC1c1nc(C)ncc1CNC(=O)c1cc(C)cs1. The molecular weight excluding hydrogens is 336 g/mol. The smallest absolute Gasteiger partial charge is 0.261 e. The fraction of sp³-hybridized carbons (Fsp3) is 0.444. The van der Waals surface area contributed by atoms with Crippen LogP contribution in [0.25, 0.3) is 0 Å². The molecule has 0 bridgehead atoms. The summed E-state index contributed by atoms with van der Waals surface area (Å²) in [6.45, 7) is 6.51. The van der Waals surface area contributed by atoms with Crippen LogP contribution in [0.2, 0.25) is 0 Å². The highest BCUT2D eigenvalue weighted by Gasteiger charge is 2.31. The molecule has 1 fully saturated rings. The molecule has 3 heterocycles. The number of hydrogen-bond acceptors (Lipinski definition) is 5. The molecule has 2 amide bonds. The number of nitrogens with zero attached hydrogens (tertiary/aromatic N) is 3. The predicted octanol–water partition coefficient (Wildman–Crippen LogP) is 2.77. The first-order valence-corrected chi connectivity index (χ1v) is 9.26. The Bertz CT molecular complexity index is 802. The van der Waals surface area contributed by atoms with E-state index in [1.165, 1.54) is 11.3 Å². The molecule has 0 spiro atoms. The molecule has 0 aliphatic carbocycles. The van der Waals surface area contributed by atoms with Crippen molar-refractivity contribution in [3.63, 3.8) is 0 Å². The van der Waals surface area contributed by atoms with Gasteiger partial charge in [-0.05, 0) is 43.7 Å². The fourth-order valence-electron chi connectivity index (χ4n) is 3.18. The third-order valence-electron chi connectivity index (χ3n) is 4.39. The van der Waals surface area contributed by atoms with E-state index in [1.54, 1.807) is 13.1 Å². The average molecular weight is 358 g/mol. The predicted molar refractivity (Wildman–Crippen MR) is 96.4 cm³/mol. The zero-order valence-electron chi connectivity index (χ0n) is 14.7. The van der Waals surface area contributed by atoms with Crippen molar-refractivity contribution in [1.29, 1.82) is 0 Å². The molecule has 0 radical (unpaired) electrons. The highest BCUT2D eigenvalue weighted by Crippen LogP contribution is 2.32. The zero-order chi connectivity index (χ0) is 18.0. The normalized spacial score (nSPS) is 16.9. The largest absolute Gasteiger partial charge is 0.347 e. The molecule has 6 nitrogen and oxygen atoms in total. The number of aromatic nitrogens is 2. The Balaban J connectivity index is 1.80. The summed E-state index contributed by atoms with van der Waals surface area (Å²) in [6.07, 6.45) is 3.61. The van der Waals surface area contributed by atoms with Crippen LogP contribution in [0.4, 0.5) is 0 Å². The van der Waals surface area contributed by atoms with E-state index < -0.39 is 0 Å². The molecular formula is C18H22N4O2S. The monoisotopic (exact) mass is 358 g/mol. The first-order valence-electron chi connectivity index (χ1n) is 8.38. The lowest BCUT2D eigenvalue weighted by atomic mass is 10.1. The Morgan fingerprint density at radius 2 is 2.20 bits per heavy atom. The van der Waals surface area contributed by atoms with Crippen LogP contribution in [0, 0.1) is 13.8 Å². The molecule has 1 N–H and O–H groups in total. The lowest BCUT2D eigenvalue weighted by Crippen LogP contribution is -2.30. The van der Waals surface area contributed by atoms with Gasteiger partial charge in [0.05, 0.1) is 16.6 Å². The van der Waals surface area contributed by atoms with E-state index in [0.29, 0.717) is 17.2 Å². The van der Waals surface area contributed by atoms with Crippen molar-refractivity contribution in [1.82, 2.24) is 20.2 Å². The number of likely N-dealkylation sites (tertiary alicyclic amines) is 1. The number of thiophene rings is 1. The van der Waals surface area contributed by atoms with Crippen LogP contribution in [0.15, 0.2) is 17.6 Å². The number of nitrogens with one attached hydrogen (secondary N) is 1. The van der Waals surface area contributed by atoms with Gasteiger partial charge in [0.2, 0.25) is 5.91 Å². The topological polar surface area (TPSA) is 75.2 Å². The van der Waals surface area contributed by atoms with Crippen LogP contribution in [0.3, 0.4) is 0 Å². The summed E-state index contributed by atoms with van der Waals surface area (Å²) in [5.74, 6) is 0.636. The van der Waals surface area contributed by atoms with Gasteiger partial charge in [-0.2, -0.15) is 0 Å². The summed E-state index contributed by atoms with van der Waals surface area (Å²) in [6, 6.07) is 1.84. The maximum atomic E-state index is 12.3. The van der Waals surface area contributed by atoms with Crippen molar-refractivity contribution in [3.05, 3.63) is 45.2 Å². The van der Waals surface area contributed by atoms with Crippen LogP contribution < -0.4 is 5.32 Å². The van der Waals surface area contributed by atoms with Crippen LogP contribution in [0.5, 0.6) is 0 Å². The van der Waals surface area contributed by atoms with E-state index in [1.807, 2.05) is 30.2 Å². The van der Waals surface area contributed by atoms with Gasteiger partial charge in [-0.1, -0.05) is 0 Å². The third kappa shape index (κ3) is 3.87. The second kappa shape index (κ2) is 7.31. The molecule has 7 heteroatoms. The van der Waals surface area contributed by atoms with Gasteiger partial charge in [-0.15, -0.1) is 11.3 Å². The molecule has 1 unspecified atom stereocenters. The Labute approximate surface area is 151 Å². The van der Waals surface area contributed by atoms with Crippen molar-refractivity contribution < 1.29 is 9.59 Å². The van der Waals surface area contributed by atoms with E-state index >= 15 is 0 Å². The molecule has 1 saturated heterocycles. The second-order valence-electron chi connectivity index (χ2n) is 6.37. The summed E-state index contributed by atoms with van der Waals surface area (Å²) < 4.78 is 0. The molecule has 1 atom stereocenters. The minimum absolute atomic E-state index is 0.0323. The van der Waals surface area contributed by atoms with E-state index in [4.69, 9.17) is 0 Å². The number of hydrogen-bond donors (Lipinski definition) is 1. The van der Waals surface area contributed by atoms with E-state index in [-0.39, 0.29) is 17.9 Å². The first-order chi connectivity index (χ1) is 12.0. The van der Waals surface area contributed by atoms with Crippen LogP contribution >= 0.6 is 11.3 Å². The summed E-state index contributed by atoms with van der Waals surface area (Å²) in [7, 11) is 0. The summed E-state index contributed by atoms with van der Waals surface area (Å²) >= 11 is 1.43. The van der Waals surface area contributed by atoms with Crippen LogP contribution in [-0.4, -0.2) is 33.2 Å². The van der Waals surface area contributed by atoms with Gasteiger partial charge in [0, 0.05) is 31.8 Å². The fourth-order valence-corrected chi connectivity index (χ4v) is 3.99. The molecule has 0 aromatic carbocycles. The van der Waals surface area contributed by atoms with Crippen molar-refractivity contribution in [2.75, 3.05) is 6.54 Å². The van der Waals surface area contributed by atoms with Gasteiger partial charge in [0.25, 0.3) is 5.91 Å². The molecule has 1 aliphatic heterocycles. The lowest BCUT2D eigenvalue weighted by molar-refractivity contribution is -0.129. The quantitative estimate of drug-likeness (QED) is 0.912. The minimum Gasteiger partial charge on any atom is -0.347 e. The van der Waals surface area contributed by atoms with Gasteiger partial charge < -0.3 is 10.2 Å². The van der Waals surface area contributed by atoms with Gasteiger partial charge in [0.1, 0.15) is 5.82 Å². The standard InChI is InChI=1S/C18H22N4O2S/c1-11-7-16(25-10-11)18(24)20-9-14-8-19-12(2)21-17(14)15-5-4-6-22(15)13(3)23/h7-8,10,15H,4-6,9H2,1-3H3,(H,20,24). The molecule has 25 heavy (non-hydrogen) atoms. The Morgan fingerprint density at radius 1 is 1.40 bits per heavy atom. The van der Waals surface area contributed by atoms with E-state index in [9.17, 15) is 9.59 Å². The maximum Gasteiger partial charge on any atom is 0.261 e. The summed E-state index contributed by atoms with van der Waals surface area (Å²) in [5, 5.41) is 4.90. The van der Waals surface area contributed by atoms with Crippen molar-refractivity contribution in [3.8, 4) is 0 Å². The van der Waals surface area contributed by atoms with Gasteiger partial charge >= 0.3 is 0 Å². The summed E-state index contributed by atoms with van der Waals surface area (Å²) in [5.41, 5.74) is 2.80. The van der Waals surface area contributed by atoms with E-state index in [2.05, 4.69) is 15.3 Å². The van der Waals surface area contributed by atoms with Crippen molar-refractivity contribution in [2.45, 2.75) is 46.2 Å². The first kappa shape index (κ1) is 17.5. The lowest BCUT2D eigenvalue weighted by Gasteiger charge is -2.24. The average Bonchev–Trinajstić information content (AvgIpc) is 3.22. The summed E-state index contributed by atoms with van der Waals surface area (Å²) in [4.78, 5) is 35.6. The third-order valence-corrected chi connectivity index (χ3v) is 5.43. The number of rotatable bonds is 4. The molecule has 3 rings (SSSR count). The van der Waals surface area contributed by atoms with Crippen molar-refractivity contribution in [2.24, 2.45) is 0 Å². The van der Waals surface area contributed by atoms with Gasteiger partial charge in [-0.3, -0.25) is 9.59 Å². The number of aryl methyl sites for hydroxylation is 2. The van der Waals surface area contributed by atoms with Crippen LogP contribution in [0.1, 0.15) is 58.1 Å². The molecule has 1 aliphatic rings. The maximum absolute atomic E-state index is 12.3.